The number of hydrogen-bond acceptors (Lipinski definition) is 3. The second-order valence-electron chi connectivity index (χ2n) is 0. The van der Waals surface area contributed by atoms with E-state index in [-0.39, 0.29) is 12.4 Å². The molecule has 0 aromatic carbocycles. The van der Waals surface area contributed by atoms with E-state index >= 15 is 0 Å². The number of rotatable bonds is 0. The van der Waals surface area contributed by atoms with Crippen LogP contribution in [0.5, 0.6) is 0 Å². The van der Waals surface area contributed by atoms with Gasteiger partial charge in [0.05, 0.1) is 0 Å². The van der Waals surface area contributed by atoms with E-state index in [9.17, 15) is 0 Å². The Hall–Kier alpha value is 1.04. The van der Waals surface area contributed by atoms with Crippen molar-refractivity contribution in [1.82, 2.24) is 0 Å². The number of halogens is 4. The topological polar surface area (TPSA) is 78.1 Å². The molecule has 0 spiro atoms. The average molecular weight is 191 g/mol. The minimum atomic E-state index is 0. The third kappa shape index (κ3) is 165. The molecule has 0 heterocycles. The minimum absolute atomic E-state index is 0. The van der Waals surface area contributed by atoms with E-state index in [1.165, 1.54) is 0 Å². The Balaban J connectivity index is -0.00000000900. The maximum absolute atomic E-state index is 4.14. The van der Waals surface area contributed by atoms with Gasteiger partial charge in [-0.15, -0.1) is 12.4 Å². The first-order valence-electron chi connectivity index (χ1n) is 0.655. The van der Waals surface area contributed by atoms with Gasteiger partial charge in [-0.2, -0.15) is 0 Å². The van der Waals surface area contributed by atoms with E-state index < -0.39 is 0 Å². The zero-order valence-electron chi connectivity index (χ0n) is 3.27. The van der Waals surface area contributed by atoms with Crippen LogP contribution in [0.25, 0.3) is 0 Å². The standard InChI is InChI=1S/3ClH2N.ClH/c3*1-2;/h3*2H2;1H. The Bertz CT molecular complexity index is 6.90. The van der Waals surface area contributed by atoms with Gasteiger partial charge in [0.1, 0.15) is 0 Å². The summed E-state index contributed by atoms with van der Waals surface area (Å²) in [4.78, 5) is 0. The van der Waals surface area contributed by atoms with Gasteiger partial charge in [0, 0.05) is 0 Å². The molecule has 50 valence electrons. The summed E-state index contributed by atoms with van der Waals surface area (Å²) < 4.78 is 0. The molecular weight excluding hydrogens is 184 g/mol. The molecule has 0 radical (unpaired) electrons. The van der Waals surface area contributed by atoms with Crippen LogP contribution in [0, 0.1) is 0 Å². The normalized spacial score (nSPS) is 2.57. The van der Waals surface area contributed by atoms with Crippen molar-refractivity contribution in [1.29, 1.82) is 0 Å². The Labute approximate surface area is 63.8 Å². The van der Waals surface area contributed by atoms with Crippen molar-refractivity contribution >= 4 is 47.7 Å². The van der Waals surface area contributed by atoms with Gasteiger partial charge in [0.25, 0.3) is 0 Å². The molecule has 0 saturated heterocycles. The molecule has 0 bridgehead atoms. The second kappa shape index (κ2) is 237. The first-order chi connectivity index (χ1) is 3.00. The summed E-state index contributed by atoms with van der Waals surface area (Å²) in [7, 11) is 0. The highest BCUT2D eigenvalue weighted by atomic mass is 35.5. The largest absolute Gasteiger partial charge is 0.247 e. The predicted molar refractivity (Wildman–Crippen MR) is 37.4 cm³/mol. The Morgan fingerprint density at radius 1 is 0.571 bits per heavy atom. The lowest BCUT2D eigenvalue weighted by Gasteiger charge is -1.14. The summed E-state index contributed by atoms with van der Waals surface area (Å²) in [6.07, 6.45) is 0. The Kier molecular flexibility index (Phi) is 828. The summed E-state index contributed by atoms with van der Waals surface area (Å²) in [6, 6.07) is 0. The van der Waals surface area contributed by atoms with Gasteiger partial charge in [-0.05, 0) is 35.3 Å². The van der Waals surface area contributed by atoms with Crippen LogP contribution in [-0.2, 0) is 0 Å². The van der Waals surface area contributed by atoms with Crippen molar-refractivity contribution in [3.8, 4) is 0 Å². The molecule has 0 unspecified atom stereocenters. The molecule has 0 aliphatic rings. The van der Waals surface area contributed by atoms with Crippen molar-refractivity contribution in [2.24, 2.45) is 15.8 Å². The van der Waals surface area contributed by atoms with Gasteiger partial charge >= 0.3 is 0 Å². The van der Waals surface area contributed by atoms with E-state index in [2.05, 4.69) is 51.1 Å². The van der Waals surface area contributed by atoms with E-state index in [1.807, 2.05) is 0 Å². The quantitative estimate of drug-likeness (QED) is 0.493. The van der Waals surface area contributed by atoms with Crippen molar-refractivity contribution in [2.75, 3.05) is 0 Å². The third-order valence-electron chi connectivity index (χ3n) is 0. The van der Waals surface area contributed by atoms with Gasteiger partial charge < -0.3 is 0 Å². The highest BCUT2D eigenvalue weighted by molar-refractivity contribution is 6.12. The van der Waals surface area contributed by atoms with Crippen LogP contribution in [0.4, 0.5) is 0 Å². The summed E-state index contributed by atoms with van der Waals surface area (Å²) in [6.45, 7) is 0. The van der Waals surface area contributed by atoms with Crippen LogP contribution in [-0.4, -0.2) is 0 Å². The summed E-state index contributed by atoms with van der Waals surface area (Å²) in [5.41, 5.74) is 0. The van der Waals surface area contributed by atoms with E-state index in [0.717, 1.165) is 0 Å². The van der Waals surface area contributed by atoms with Gasteiger partial charge in [-0.1, -0.05) is 0 Å². The van der Waals surface area contributed by atoms with E-state index in [4.69, 9.17) is 0 Å². The minimum Gasteiger partial charge on any atom is -0.247 e. The van der Waals surface area contributed by atoms with Gasteiger partial charge in [0.15, 0.2) is 0 Å². The van der Waals surface area contributed by atoms with Crippen molar-refractivity contribution in [2.45, 2.75) is 0 Å². The first kappa shape index (κ1) is 24.4. The SMILES string of the molecule is Cl.NCl.NCl.NCl. The summed E-state index contributed by atoms with van der Waals surface area (Å²) in [5.74, 6) is 0. The maximum atomic E-state index is 4.14. The molecule has 0 aliphatic carbocycles. The van der Waals surface area contributed by atoms with Crippen molar-refractivity contribution in [3.05, 3.63) is 0 Å². The molecule has 6 N–H and O–H groups in total. The molecule has 0 fully saturated rings. The lowest BCUT2D eigenvalue weighted by atomic mass is 14.0. The number of hydrogen-bond donors (Lipinski definition) is 3. The van der Waals surface area contributed by atoms with Crippen LogP contribution >= 0.6 is 47.7 Å². The van der Waals surface area contributed by atoms with Crippen LogP contribution in [0.3, 0.4) is 0 Å². The molecule has 0 atom stereocenters. The molecule has 3 nitrogen and oxygen atoms in total. The lowest BCUT2D eigenvalue weighted by Crippen LogP contribution is -1.48. The molecule has 0 aromatic heterocycles. The van der Waals surface area contributed by atoms with Gasteiger partial charge in [0.2, 0.25) is 0 Å². The molecule has 0 aliphatic heterocycles. The van der Waals surface area contributed by atoms with E-state index in [1.54, 1.807) is 0 Å². The fourth-order valence-electron chi connectivity index (χ4n) is 0. The highest BCUT2D eigenvalue weighted by Gasteiger charge is 0.872. The van der Waals surface area contributed by atoms with E-state index in [0.29, 0.717) is 0 Å². The zero-order valence-corrected chi connectivity index (χ0v) is 6.36. The monoisotopic (exact) mass is 189 g/mol. The van der Waals surface area contributed by atoms with Crippen molar-refractivity contribution in [3.63, 3.8) is 0 Å². The first-order valence-corrected chi connectivity index (χ1v) is 1.96. The highest BCUT2D eigenvalue weighted by Crippen LogP contribution is 1.15. The van der Waals surface area contributed by atoms with Gasteiger partial charge in [-0.25, -0.2) is 15.8 Å². The second-order valence-corrected chi connectivity index (χ2v) is 0. The smallest absolute Gasteiger partial charge is 0.0285 e. The Morgan fingerprint density at radius 3 is 0.571 bits per heavy atom. The van der Waals surface area contributed by atoms with Crippen LogP contribution in [0.1, 0.15) is 0 Å². The summed E-state index contributed by atoms with van der Waals surface area (Å²) in [5, 5.41) is 11.9. The molecule has 7 heavy (non-hydrogen) atoms. The number of nitrogens with two attached hydrogens (primary N) is 3. The maximum Gasteiger partial charge on any atom is -0.0285 e. The lowest BCUT2D eigenvalue weighted by molar-refractivity contribution is 2.00. The van der Waals surface area contributed by atoms with Crippen LogP contribution < -0.4 is 15.8 Å². The van der Waals surface area contributed by atoms with Gasteiger partial charge in [-0.3, -0.25) is 0 Å². The predicted octanol–water partition coefficient (Wildman–Crippen LogP) is 0.719. The molecule has 0 saturated carbocycles. The van der Waals surface area contributed by atoms with Crippen LogP contribution in [0.15, 0.2) is 0 Å². The summed E-state index contributed by atoms with van der Waals surface area (Å²) >= 11 is 12.4. The third-order valence-corrected chi connectivity index (χ3v) is 0. The molecular formula is H7Cl4N3. The fraction of sp³-hybridized carbons (Fsp3) is 0. The van der Waals surface area contributed by atoms with Crippen LogP contribution in [0.2, 0.25) is 0 Å². The average Bonchev–Trinajstić information content (AvgIpc) is 1.81. The molecule has 0 rings (SSSR count). The molecule has 7 heteroatoms. The Morgan fingerprint density at radius 2 is 0.571 bits per heavy atom. The zero-order chi connectivity index (χ0) is 6.00. The fourth-order valence-corrected chi connectivity index (χ4v) is 0. The van der Waals surface area contributed by atoms with Crippen molar-refractivity contribution < 1.29 is 0 Å². The molecule has 0 amide bonds. The molecule has 0 aromatic rings.